The van der Waals surface area contributed by atoms with Gasteiger partial charge in [0.05, 0.1) is 5.02 Å². The maximum Gasteiger partial charge on any atom is 0.261 e. The van der Waals surface area contributed by atoms with Crippen molar-refractivity contribution < 1.29 is 14.3 Å². The highest BCUT2D eigenvalue weighted by atomic mass is 35.5. The first-order valence-corrected chi connectivity index (χ1v) is 10.7. The average molecular weight is 472 g/mol. The van der Waals surface area contributed by atoms with Gasteiger partial charge in [-0.15, -0.1) is 0 Å². The van der Waals surface area contributed by atoms with Crippen molar-refractivity contribution in [3.8, 4) is 5.75 Å². The molecule has 2 amide bonds. The summed E-state index contributed by atoms with van der Waals surface area (Å²) < 4.78 is 5.58. The van der Waals surface area contributed by atoms with Gasteiger partial charge in [0.1, 0.15) is 11.8 Å². The van der Waals surface area contributed by atoms with Crippen LogP contribution in [0, 0.1) is 5.92 Å². The fourth-order valence-corrected chi connectivity index (χ4v) is 3.36. The fraction of sp³-hybridized carbons (Fsp3) is 0.364. The van der Waals surface area contributed by atoms with E-state index in [2.05, 4.69) is 5.32 Å². The number of nitrogens with one attached hydrogen (secondary N) is 1. The highest BCUT2D eigenvalue weighted by molar-refractivity contribution is 6.35. The molecule has 0 unspecified atom stereocenters. The summed E-state index contributed by atoms with van der Waals surface area (Å²) in [4.78, 5) is 27.1. The number of nitrogens with zero attached hydrogens (tertiary/aromatic N) is 1. The topological polar surface area (TPSA) is 58.6 Å². The van der Waals surface area contributed by atoms with Crippen LogP contribution < -0.4 is 10.1 Å². The Morgan fingerprint density at radius 3 is 2.37 bits per heavy atom. The molecule has 0 bridgehead atoms. The predicted molar refractivity (Wildman–Crippen MR) is 121 cm³/mol. The van der Waals surface area contributed by atoms with Crippen molar-refractivity contribution in [3.63, 3.8) is 0 Å². The van der Waals surface area contributed by atoms with Crippen LogP contribution >= 0.6 is 34.8 Å². The van der Waals surface area contributed by atoms with E-state index in [0.29, 0.717) is 33.3 Å². The lowest BCUT2D eigenvalue weighted by Gasteiger charge is -2.29. The molecule has 1 N–H and O–H groups in total. The summed E-state index contributed by atoms with van der Waals surface area (Å²) in [5.74, 6) is 0.0550. The normalized spacial score (nSPS) is 11.8. The summed E-state index contributed by atoms with van der Waals surface area (Å²) in [6, 6.07) is 11.2. The molecule has 5 nitrogen and oxygen atoms in total. The molecule has 0 saturated carbocycles. The smallest absolute Gasteiger partial charge is 0.261 e. The first-order chi connectivity index (χ1) is 14.2. The van der Waals surface area contributed by atoms with Gasteiger partial charge in [0.2, 0.25) is 5.91 Å². The van der Waals surface area contributed by atoms with Gasteiger partial charge in [-0.3, -0.25) is 9.59 Å². The van der Waals surface area contributed by atoms with Crippen molar-refractivity contribution in [2.45, 2.75) is 33.4 Å². The molecule has 0 aliphatic heterocycles. The molecule has 0 radical (unpaired) electrons. The van der Waals surface area contributed by atoms with E-state index in [4.69, 9.17) is 39.5 Å². The largest absolute Gasteiger partial charge is 0.482 e. The maximum atomic E-state index is 13.0. The second-order valence-electron chi connectivity index (χ2n) is 7.33. The van der Waals surface area contributed by atoms with Crippen LogP contribution in [0.1, 0.15) is 26.3 Å². The molecule has 0 fully saturated rings. The van der Waals surface area contributed by atoms with Gasteiger partial charge in [0.15, 0.2) is 6.61 Å². The van der Waals surface area contributed by atoms with Crippen molar-refractivity contribution in [1.82, 2.24) is 10.2 Å². The Morgan fingerprint density at radius 1 is 1.03 bits per heavy atom. The third kappa shape index (κ3) is 7.38. The molecule has 0 aromatic heterocycles. The van der Waals surface area contributed by atoms with Crippen LogP contribution in [-0.2, 0) is 16.1 Å². The fourth-order valence-electron chi connectivity index (χ4n) is 2.68. The van der Waals surface area contributed by atoms with Crippen LogP contribution in [0.5, 0.6) is 5.75 Å². The Bertz CT molecular complexity index is 890. The van der Waals surface area contributed by atoms with Gasteiger partial charge in [-0.2, -0.15) is 0 Å². The van der Waals surface area contributed by atoms with E-state index in [1.54, 1.807) is 37.3 Å². The molecule has 0 heterocycles. The number of carbonyl (C=O) groups excluding carboxylic acids is 2. The van der Waals surface area contributed by atoms with Crippen molar-refractivity contribution in [2.24, 2.45) is 5.92 Å². The zero-order valence-electron chi connectivity index (χ0n) is 17.1. The lowest BCUT2D eigenvalue weighted by Crippen LogP contribution is -2.49. The van der Waals surface area contributed by atoms with E-state index < -0.39 is 6.04 Å². The summed E-state index contributed by atoms with van der Waals surface area (Å²) >= 11 is 18.1. The Kier molecular flexibility index (Phi) is 9.28. The molecule has 30 heavy (non-hydrogen) atoms. The number of benzene rings is 2. The van der Waals surface area contributed by atoms with Crippen LogP contribution in [0.4, 0.5) is 0 Å². The first kappa shape index (κ1) is 24.3. The number of rotatable bonds is 9. The molecular weight excluding hydrogens is 447 g/mol. The molecule has 2 rings (SSSR count). The number of halogens is 3. The molecule has 0 aliphatic carbocycles. The van der Waals surface area contributed by atoms with Gasteiger partial charge in [0, 0.05) is 23.1 Å². The minimum Gasteiger partial charge on any atom is -0.482 e. The quantitative estimate of drug-likeness (QED) is 0.546. The van der Waals surface area contributed by atoms with Gasteiger partial charge in [-0.05, 0) is 48.7 Å². The summed E-state index contributed by atoms with van der Waals surface area (Å²) in [5, 5.41) is 4.20. The number of hydrogen-bond donors (Lipinski definition) is 1. The lowest BCUT2D eigenvalue weighted by molar-refractivity contribution is -0.142. The summed E-state index contributed by atoms with van der Waals surface area (Å²) in [5.41, 5.74) is 0.809. The second-order valence-corrected chi connectivity index (χ2v) is 8.61. The van der Waals surface area contributed by atoms with E-state index in [1.807, 2.05) is 19.9 Å². The Labute approximate surface area is 192 Å². The van der Waals surface area contributed by atoms with Gasteiger partial charge in [-0.1, -0.05) is 60.8 Å². The minimum absolute atomic E-state index is 0.216. The van der Waals surface area contributed by atoms with E-state index >= 15 is 0 Å². The average Bonchev–Trinajstić information content (AvgIpc) is 2.68. The summed E-state index contributed by atoms with van der Waals surface area (Å²) in [7, 11) is 0. The molecule has 0 spiro atoms. The highest BCUT2D eigenvalue weighted by Gasteiger charge is 2.26. The predicted octanol–water partition coefficient (Wildman–Crippen LogP) is 5.22. The molecule has 8 heteroatoms. The van der Waals surface area contributed by atoms with Gasteiger partial charge >= 0.3 is 0 Å². The van der Waals surface area contributed by atoms with E-state index in [0.717, 1.165) is 5.56 Å². The molecular formula is C22H25Cl3N2O3. The molecule has 2 aromatic carbocycles. The van der Waals surface area contributed by atoms with E-state index in [1.165, 1.54) is 11.0 Å². The number of hydrogen-bond acceptors (Lipinski definition) is 3. The maximum absolute atomic E-state index is 13.0. The Balaban J connectivity index is 2.15. The van der Waals surface area contributed by atoms with E-state index in [-0.39, 0.29) is 25.0 Å². The van der Waals surface area contributed by atoms with Crippen LogP contribution in [0.3, 0.4) is 0 Å². The first-order valence-electron chi connectivity index (χ1n) is 9.57. The van der Waals surface area contributed by atoms with Crippen molar-refractivity contribution in [1.29, 1.82) is 0 Å². The summed E-state index contributed by atoms with van der Waals surface area (Å²) in [6.07, 6.45) is 0. The molecule has 2 aromatic rings. The molecule has 0 aliphatic rings. The number of amides is 2. The van der Waals surface area contributed by atoms with Crippen LogP contribution in [0.25, 0.3) is 0 Å². The standard InChI is InChI=1S/C22H25Cl3N2O3/c1-14(2)11-26-22(29)15(3)27(12-16-5-4-6-17(23)9-16)21(28)13-30-20-8-7-18(24)10-19(20)25/h4-10,14-15H,11-13H2,1-3H3,(H,26,29)/t15-/m0/s1. The van der Waals surface area contributed by atoms with Crippen LogP contribution in [0.15, 0.2) is 42.5 Å². The third-order valence-corrected chi connectivity index (χ3v) is 5.10. The SMILES string of the molecule is CC(C)CNC(=O)[C@H](C)N(Cc1cccc(Cl)c1)C(=O)COc1ccc(Cl)cc1Cl. The summed E-state index contributed by atoms with van der Waals surface area (Å²) in [6.45, 7) is 6.16. The number of carbonyl (C=O) groups is 2. The second kappa shape index (κ2) is 11.4. The van der Waals surface area contributed by atoms with Crippen molar-refractivity contribution in [2.75, 3.05) is 13.2 Å². The zero-order chi connectivity index (χ0) is 22.3. The Hall–Kier alpha value is -1.95. The molecule has 162 valence electrons. The highest BCUT2D eigenvalue weighted by Crippen LogP contribution is 2.27. The minimum atomic E-state index is -0.695. The van der Waals surface area contributed by atoms with Gasteiger partial charge in [0.25, 0.3) is 5.91 Å². The van der Waals surface area contributed by atoms with Crippen LogP contribution in [0.2, 0.25) is 15.1 Å². The van der Waals surface area contributed by atoms with Gasteiger partial charge < -0.3 is 15.0 Å². The zero-order valence-corrected chi connectivity index (χ0v) is 19.4. The molecule has 0 saturated heterocycles. The van der Waals surface area contributed by atoms with E-state index in [9.17, 15) is 9.59 Å². The Morgan fingerprint density at radius 2 is 1.73 bits per heavy atom. The van der Waals surface area contributed by atoms with Gasteiger partial charge in [-0.25, -0.2) is 0 Å². The van der Waals surface area contributed by atoms with Crippen LogP contribution in [-0.4, -0.2) is 35.9 Å². The van der Waals surface area contributed by atoms with Crippen molar-refractivity contribution >= 4 is 46.6 Å². The number of ether oxygens (including phenoxy) is 1. The lowest BCUT2D eigenvalue weighted by atomic mass is 10.1. The van der Waals surface area contributed by atoms with Crippen molar-refractivity contribution in [3.05, 3.63) is 63.1 Å². The molecule has 1 atom stereocenters. The monoisotopic (exact) mass is 470 g/mol. The third-order valence-electron chi connectivity index (χ3n) is 4.34.